The van der Waals surface area contributed by atoms with Crippen molar-refractivity contribution in [3.8, 4) is 11.4 Å². The van der Waals surface area contributed by atoms with E-state index in [1.54, 1.807) is 0 Å². The van der Waals surface area contributed by atoms with Crippen LogP contribution in [0.15, 0.2) is 192 Å². The van der Waals surface area contributed by atoms with Gasteiger partial charge in [-0.2, -0.15) is 0 Å². The van der Waals surface area contributed by atoms with E-state index >= 15 is 0 Å². The van der Waals surface area contributed by atoms with Gasteiger partial charge >= 0.3 is 0 Å². The van der Waals surface area contributed by atoms with Crippen molar-refractivity contribution in [2.75, 3.05) is 4.90 Å². The molecule has 0 saturated heterocycles. The maximum absolute atomic E-state index is 6.67. The molecule has 9 aromatic carbocycles. The van der Waals surface area contributed by atoms with Crippen LogP contribution in [0.2, 0.25) is 5.02 Å². The lowest BCUT2D eigenvalue weighted by Gasteiger charge is -2.26. The predicted molar refractivity (Wildman–Crippen MR) is 244 cm³/mol. The Hall–Kier alpha value is -7.27. The van der Waals surface area contributed by atoms with Crippen LogP contribution in [0.5, 0.6) is 0 Å². The number of aromatic nitrogens is 2. The van der Waals surface area contributed by atoms with Crippen molar-refractivity contribution in [1.29, 1.82) is 0 Å². The van der Waals surface area contributed by atoms with Crippen molar-refractivity contribution in [1.82, 2.24) is 9.13 Å². The van der Waals surface area contributed by atoms with Crippen molar-refractivity contribution >= 4 is 105 Å². The largest absolute Gasteiger partial charge is 0.454 e. The standard InChI is InChI=1S/C53H34ClN3O/c1-33-12-10-17-37(30-33)55(47-20-11-19-42-39-18-8-9-21-50(39)58-53(42)47)38-23-25-44-49(32-38)57(36-15-6-3-7-16-36)46-29-27-40-41(52(44)46)26-28-45-51(40)43-24-22-34(54)31-48(43)56(45)35-13-4-2-5-14-35/h2-32H,1H3. The Kier molecular flexibility index (Phi) is 7.16. The van der Waals surface area contributed by atoms with Crippen LogP contribution in [0.3, 0.4) is 0 Å². The van der Waals surface area contributed by atoms with Crippen molar-refractivity contribution in [2.45, 2.75) is 6.92 Å². The number of halogens is 1. The smallest absolute Gasteiger partial charge is 0.159 e. The lowest BCUT2D eigenvalue weighted by Crippen LogP contribution is -2.10. The first-order valence-corrected chi connectivity index (χ1v) is 20.0. The van der Waals surface area contributed by atoms with Gasteiger partial charge in [0.2, 0.25) is 0 Å². The molecular weight excluding hydrogens is 730 g/mol. The normalized spacial score (nSPS) is 12.0. The first-order valence-electron chi connectivity index (χ1n) is 19.6. The molecule has 58 heavy (non-hydrogen) atoms. The number of benzene rings is 9. The van der Waals surface area contributed by atoms with Crippen LogP contribution in [-0.4, -0.2) is 9.13 Å². The van der Waals surface area contributed by atoms with E-state index in [4.69, 9.17) is 16.0 Å². The van der Waals surface area contributed by atoms with Gasteiger partial charge in [0, 0.05) is 60.1 Å². The average molecular weight is 764 g/mol. The SMILES string of the molecule is Cc1cccc(N(c2ccc3c4c5ccc6c(c5ccc4n(-c4ccccc4)c3c2)c2ccc(Cl)cc2n6-c2ccccc2)c2cccc3c2oc2ccccc23)c1. The number of anilines is 3. The highest BCUT2D eigenvalue weighted by atomic mass is 35.5. The molecule has 0 aliphatic heterocycles. The van der Waals surface area contributed by atoms with Crippen molar-refractivity contribution in [2.24, 2.45) is 0 Å². The van der Waals surface area contributed by atoms with Crippen LogP contribution in [0, 0.1) is 6.92 Å². The van der Waals surface area contributed by atoms with E-state index in [0.717, 1.165) is 77.5 Å². The fourth-order valence-corrected chi connectivity index (χ4v) is 9.52. The summed E-state index contributed by atoms with van der Waals surface area (Å²) < 4.78 is 11.4. The third-order valence-electron chi connectivity index (χ3n) is 11.8. The molecule has 0 fully saturated rings. The second kappa shape index (κ2) is 12.6. The minimum atomic E-state index is 0.720. The molecule has 0 bridgehead atoms. The third kappa shape index (κ3) is 4.82. The molecule has 3 aromatic heterocycles. The van der Waals surface area contributed by atoms with Gasteiger partial charge in [0.15, 0.2) is 5.58 Å². The molecule has 12 rings (SSSR count). The Morgan fingerprint density at radius 1 is 0.431 bits per heavy atom. The third-order valence-corrected chi connectivity index (χ3v) is 12.0. The van der Waals surface area contributed by atoms with E-state index < -0.39 is 0 Å². The van der Waals surface area contributed by atoms with Crippen molar-refractivity contribution in [3.05, 3.63) is 199 Å². The number of para-hydroxylation sites is 4. The monoisotopic (exact) mass is 763 g/mol. The highest BCUT2D eigenvalue weighted by Gasteiger charge is 2.23. The highest BCUT2D eigenvalue weighted by molar-refractivity contribution is 6.33. The van der Waals surface area contributed by atoms with Gasteiger partial charge in [0.25, 0.3) is 0 Å². The summed E-state index contributed by atoms with van der Waals surface area (Å²) in [5.74, 6) is 0. The van der Waals surface area contributed by atoms with E-state index in [9.17, 15) is 0 Å². The molecule has 0 amide bonds. The maximum Gasteiger partial charge on any atom is 0.159 e. The van der Waals surface area contributed by atoms with Gasteiger partial charge in [-0.05, 0) is 108 Å². The predicted octanol–water partition coefficient (Wildman–Crippen LogP) is 15.4. The Morgan fingerprint density at radius 2 is 1.00 bits per heavy atom. The lowest BCUT2D eigenvalue weighted by atomic mass is 9.99. The fourth-order valence-electron chi connectivity index (χ4n) is 9.35. The molecule has 0 saturated carbocycles. The quantitative estimate of drug-likeness (QED) is 0.174. The molecule has 5 heteroatoms. The number of aryl methyl sites for hydroxylation is 1. The summed E-state index contributed by atoms with van der Waals surface area (Å²) in [6.45, 7) is 2.15. The Bertz CT molecular complexity index is 3600. The van der Waals surface area contributed by atoms with Crippen LogP contribution in [0.4, 0.5) is 17.1 Å². The van der Waals surface area contributed by atoms with E-state index in [1.165, 1.54) is 37.9 Å². The van der Waals surface area contributed by atoms with E-state index in [1.807, 2.05) is 18.2 Å². The summed E-state index contributed by atoms with van der Waals surface area (Å²) in [5.41, 5.74) is 12.8. The number of nitrogens with zero attached hydrogens (tertiary/aromatic N) is 3. The first-order chi connectivity index (χ1) is 28.6. The highest BCUT2D eigenvalue weighted by Crippen LogP contribution is 2.46. The fraction of sp³-hybridized carbons (Fsp3) is 0.0189. The first kappa shape index (κ1) is 32.9. The summed E-state index contributed by atoms with van der Waals surface area (Å²) in [4.78, 5) is 2.34. The van der Waals surface area contributed by atoms with E-state index in [2.05, 4.69) is 191 Å². The van der Waals surface area contributed by atoms with Crippen LogP contribution < -0.4 is 4.90 Å². The van der Waals surface area contributed by atoms with Gasteiger partial charge in [-0.1, -0.05) is 115 Å². The molecule has 0 atom stereocenters. The Morgan fingerprint density at radius 3 is 1.69 bits per heavy atom. The summed E-state index contributed by atoms with van der Waals surface area (Å²) >= 11 is 6.67. The number of furan rings is 1. The van der Waals surface area contributed by atoms with Gasteiger partial charge in [0.1, 0.15) is 5.58 Å². The average Bonchev–Trinajstić information content (AvgIpc) is 3.92. The number of rotatable bonds is 5. The summed E-state index contributed by atoms with van der Waals surface area (Å²) in [6, 6.07) is 67.1. The van der Waals surface area contributed by atoms with Gasteiger partial charge in [-0.15, -0.1) is 0 Å². The van der Waals surface area contributed by atoms with E-state index in [-0.39, 0.29) is 0 Å². The van der Waals surface area contributed by atoms with Crippen LogP contribution in [0.25, 0.3) is 87.7 Å². The second-order valence-electron chi connectivity index (χ2n) is 15.1. The summed E-state index contributed by atoms with van der Waals surface area (Å²) in [7, 11) is 0. The molecule has 3 heterocycles. The molecule has 274 valence electrons. The molecule has 0 spiro atoms. The Labute approximate surface area is 338 Å². The van der Waals surface area contributed by atoms with E-state index in [0.29, 0.717) is 0 Å². The minimum Gasteiger partial charge on any atom is -0.454 e. The molecule has 0 aliphatic carbocycles. The molecular formula is C53H34ClN3O. The lowest BCUT2D eigenvalue weighted by molar-refractivity contribution is 0.669. The summed E-state index contributed by atoms with van der Waals surface area (Å²) in [6.07, 6.45) is 0. The Balaban J connectivity index is 1.17. The minimum absolute atomic E-state index is 0.720. The van der Waals surface area contributed by atoms with Gasteiger partial charge in [-0.3, -0.25) is 0 Å². The number of hydrogen-bond donors (Lipinski definition) is 0. The number of fused-ring (bicyclic) bond motifs is 12. The molecule has 0 N–H and O–H groups in total. The molecule has 4 nitrogen and oxygen atoms in total. The second-order valence-corrected chi connectivity index (χ2v) is 15.6. The number of hydrogen-bond acceptors (Lipinski definition) is 2. The van der Waals surface area contributed by atoms with Gasteiger partial charge in [-0.25, -0.2) is 0 Å². The van der Waals surface area contributed by atoms with Crippen LogP contribution in [0.1, 0.15) is 5.56 Å². The molecule has 0 radical (unpaired) electrons. The van der Waals surface area contributed by atoms with Crippen molar-refractivity contribution < 1.29 is 4.42 Å². The topological polar surface area (TPSA) is 26.2 Å². The van der Waals surface area contributed by atoms with Crippen LogP contribution >= 0.6 is 11.6 Å². The zero-order valence-corrected chi connectivity index (χ0v) is 32.3. The van der Waals surface area contributed by atoms with Gasteiger partial charge in [0.05, 0.1) is 27.8 Å². The molecule has 0 unspecified atom stereocenters. The summed E-state index contributed by atoms with van der Waals surface area (Å²) in [5, 5.41) is 10.2. The molecule has 12 aromatic rings. The van der Waals surface area contributed by atoms with Gasteiger partial charge < -0.3 is 18.5 Å². The van der Waals surface area contributed by atoms with Crippen LogP contribution in [-0.2, 0) is 0 Å². The van der Waals surface area contributed by atoms with Crippen molar-refractivity contribution in [3.63, 3.8) is 0 Å². The zero-order valence-electron chi connectivity index (χ0n) is 31.5. The zero-order chi connectivity index (χ0) is 38.5. The maximum atomic E-state index is 6.67. The molecule has 0 aliphatic rings.